The molecule has 0 atom stereocenters. The van der Waals surface area contributed by atoms with Crippen LogP contribution in [0.3, 0.4) is 0 Å². The Morgan fingerprint density at radius 1 is 1.14 bits per heavy atom. The average Bonchev–Trinajstić information content (AvgIpc) is 3.39. The van der Waals surface area contributed by atoms with Gasteiger partial charge in [-0.3, -0.25) is 19.4 Å². The van der Waals surface area contributed by atoms with E-state index in [1.54, 1.807) is 43.6 Å². The van der Waals surface area contributed by atoms with Gasteiger partial charge in [0, 0.05) is 13.2 Å². The molecular formula is C18H14N6O4S. The standard InChI is InChI=1S/C18H14N6O4S/c1-24-7-6-12(23-24)16(26)19-11-5-3-2-4-9(11)15(25)20-14-10-8-13(18(27)28)29-17(10)22-21-14/h2-8H,1H3,(H,19,26)(H,27,28)(H2,20,21,22,25). The Kier molecular flexibility index (Phi) is 4.56. The lowest BCUT2D eigenvalue weighted by atomic mass is 10.1. The maximum Gasteiger partial charge on any atom is 0.345 e. The lowest BCUT2D eigenvalue weighted by Gasteiger charge is -2.10. The van der Waals surface area contributed by atoms with Crippen molar-refractivity contribution in [2.24, 2.45) is 7.05 Å². The molecule has 4 N–H and O–H groups in total. The number of benzene rings is 1. The average molecular weight is 410 g/mol. The van der Waals surface area contributed by atoms with E-state index in [1.807, 2.05) is 0 Å². The van der Waals surface area contributed by atoms with E-state index < -0.39 is 17.8 Å². The first-order chi connectivity index (χ1) is 13.9. The molecule has 0 bridgehead atoms. The molecule has 4 aromatic rings. The van der Waals surface area contributed by atoms with E-state index in [0.29, 0.717) is 15.9 Å². The van der Waals surface area contributed by atoms with Crippen LogP contribution in [0.1, 0.15) is 30.5 Å². The minimum Gasteiger partial charge on any atom is -0.477 e. The summed E-state index contributed by atoms with van der Waals surface area (Å²) in [5.74, 6) is -1.80. The van der Waals surface area contributed by atoms with Crippen molar-refractivity contribution in [1.29, 1.82) is 0 Å². The third-order valence-electron chi connectivity index (χ3n) is 4.07. The molecule has 0 aliphatic heterocycles. The highest BCUT2D eigenvalue weighted by Gasteiger charge is 2.19. The monoisotopic (exact) mass is 410 g/mol. The van der Waals surface area contributed by atoms with Crippen LogP contribution < -0.4 is 10.6 Å². The number of hydrogen-bond donors (Lipinski definition) is 4. The second-order valence-electron chi connectivity index (χ2n) is 6.06. The van der Waals surface area contributed by atoms with Crippen LogP contribution in [0, 0.1) is 0 Å². The first-order valence-electron chi connectivity index (χ1n) is 8.35. The number of carbonyl (C=O) groups excluding carboxylic acids is 2. The van der Waals surface area contributed by atoms with Crippen LogP contribution in [0.5, 0.6) is 0 Å². The van der Waals surface area contributed by atoms with Gasteiger partial charge in [-0.05, 0) is 24.3 Å². The van der Waals surface area contributed by atoms with Gasteiger partial charge >= 0.3 is 5.97 Å². The van der Waals surface area contributed by atoms with Gasteiger partial charge < -0.3 is 15.7 Å². The fourth-order valence-electron chi connectivity index (χ4n) is 2.71. The molecule has 0 radical (unpaired) electrons. The predicted octanol–water partition coefficient (Wildman–Crippen LogP) is 2.56. The van der Waals surface area contributed by atoms with E-state index in [4.69, 9.17) is 5.11 Å². The van der Waals surface area contributed by atoms with Gasteiger partial charge in [-0.15, -0.1) is 11.3 Å². The van der Waals surface area contributed by atoms with E-state index in [0.717, 1.165) is 11.3 Å². The van der Waals surface area contributed by atoms with Crippen molar-refractivity contribution in [1.82, 2.24) is 20.0 Å². The highest BCUT2D eigenvalue weighted by molar-refractivity contribution is 7.20. The zero-order valence-electron chi connectivity index (χ0n) is 15.0. The Labute approximate surface area is 167 Å². The number of aryl methyl sites for hydroxylation is 1. The lowest BCUT2D eigenvalue weighted by molar-refractivity contribution is 0.0701. The van der Waals surface area contributed by atoms with Crippen molar-refractivity contribution >= 4 is 50.8 Å². The maximum absolute atomic E-state index is 12.8. The number of amides is 2. The Morgan fingerprint density at radius 3 is 2.66 bits per heavy atom. The Balaban J connectivity index is 1.58. The number of anilines is 2. The number of nitrogens with one attached hydrogen (secondary N) is 3. The summed E-state index contributed by atoms with van der Waals surface area (Å²) in [5.41, 5.74) is 0.752. The van der Waals surface area contributed by atoms with Gasteiger partial charge in [-0.1, -0.05) is 12.1 Å². The molecule has 0 fully saturated rings. The third-order valence-corrected chi connectivity index (χ3v) is 5.09. The number of nitrogens with zero attached hydrogens (tertiary/aromatic N) is 3. The number of rotatable bonds is 5. The molecule has 4 rings (SSSR count). The van der Waals surface area contributed by atoms with Crippen LogP contribution in [0.2, 0.25) is 0 Å². The summed E-state index contributed by atoms with van der Waals surface area (Å²) in [6.45, 7) is 0. The highest BCUT2D eigenvalue weighted by atomic mass is 32.1. The van der Waals surface area contributed by atoms with Gasteiger partial charge in [0.1, 0.15) is 9.71 Å². The van der Waals surface area contributed by atoms with Crippen molar-refractivity contribution in [3.8, 4) is 0 Å². The van der Waals surface area contributed by atoms with Crippen LogP contribution in [-0.2, 0) is 7.05 Å². The van der Waals surface area contributed by atoms with Crippen LogP contribution >= 0.6 is 11.3 Å². The van der Waals surface area contributed by atoms with Crippen molar-refractivity contribution in [3.63, 3.8) is 0 Å². The van der Waals surface area contributed by atoms with Crippen molar-refractivity contribution in [2.75, 3.05) is 10.6 Å². The highest BCUT2D eigenvalue weighted by Crippen LogP contribution is 2.29. The topological polar surface area (TPSA) is 142 Å². The summed E-state index contributed by atoms with van der Waals surface area (Å²) in [5, 5.41) is 25.7. The van der Waals surface area contributed by atoms with Crippen LogP contribution in [0.4, 0.5) is 11.5 Å². The number of H-pyrrole nitrogens is 1. The summed E-state index contributed by atoms with van der Waals surface area (Å²) >= 11 is 1.03. The van der Waals surface area contributed by atoms with Gasteiger partial charge in [0.15, 0.2) is 11.5 Å². The quantitative estimate of drug-likeness (QED) is 0.398. The summed E-state index contributed by atoms with van der Waals surface area (Å²) in [4.78, 5) is 37.0. The number of hydrogen-bond acceptors (Lipinski definition) is 6. The Morgan fingerprint density at radius 2 is 1.93 bits per heavy atom. The van der Waals surface area contributed by atoms with Crippen LogP contribution in [0.25, 0.3) is 10.2 Å². The molecule has 0 spiro atoms. The fourth-order valence-corrected chi connectivity index (χ4v) is 3.55. The van der Waals surface area contributed by atoms with Crippen molar-refractivity contribution in [2.45, 2.75) is 0 Å². The number of carboxylic acid groups (broad SMARTS) is 1. The van der Waals surface area contributed by atoms with Crippen molar-refractivity contribution in [3.05, 3.63) is 58.7 Å². The van der Waals surface area contributed by atoms with Crippen LogP contribution in [0.15, 0.2) is 42.6 Å². The Hall–Kier alpha value is -3.99. The molecule has 11 heteroatoms. The molecular weight excluding hydrogens is 396 g/mol. The number of fused-ring (bicyclic) bond motifs is 1. The Bertz CT molecular complexity index is 1250. The normalized spacial score (nSPS) is 10.8. The third kappa shape index (κ3) is 3.58. The van der Waals surface area contributed by atoms with E-state index in [2.05, 4.69) is 25.9 Å². The summed E-state index contributed by atoms with van der Waals surface area (Å²) in [6, 6.07) is 9.52. The van der Waals surface area contributed by atoms with Gasteiger partial charge in [0.25, 0.3) is 11.8 Å². The van der Waals surface area contributed by atoms with Crippen molar-refractivity contribution < 1.29 is 19.5 Å². The number of aromatic carboxylic acids is 1. The summed E-state index contributed by atoms with van der Waals surface area (Å²) < 4.78 is 1.50. The minimum absolute atomic E-state index is 0.132. The lowest BCUT2D eigenvalue weighted by Crippen LogP contribution is -2.19. The molecule has 3 heterocycles. The fraction of sp³-hybridized carbons (Fsp3) is 0.0556. The van der Waals surface area contributed by atoms with Gasteiger partial charge in [0.2, 0.25) is 0 Å². The zero-order valence-corrected chi connectivity index (χ0v) is 15.8. The molecule has 2 amide bonds. The first-order valence-corrected chi connectivity index (χ1v) is 9.16. The smallest absolute Gasteiger partial charge is 0.345 e. The van der Waals surface area contributed by atoms with E-state index in [1.165, 1.54) is 10.7 Å². The van der Waals surface area contributed by atoms with Gasteiger partial charge in [-0.2, -0.15) is 10.2 Å². The van der Waals surface area contributed by atoms with Gasteiger partial charge in [0.05, 0.1) is 16.6 Å². The van der Waals surface area contributed by atoms with E-state index in [9.17, 15) is 14.4 Å². The molecule has 0 aliphatic carbocycles. The number of aromatic amines is 1. The largest absolute Gasteiger partial charge is 0.477 e. The summed E-state index contributed by atoms with van der Waals surface area (Å²) in [7, 11) is 1.70. The number of para-hydroxylation sites is 1. The molecule has 0 saturated heterocycles. The molecule has 1 aromatic carbocycles. The molecule has 0 unspecified atom stereocenters. The molecule has 0 aliphatic rings. The summed E-state index contributed by atoms with van der Waals surface area (Å²) in [6.07, 6.45) is 1.64. The molecule has 3 aromatic heterocycles. The SMILES string of the molecule is Cn1ccc(C(=O)Nc2ccccc2C(=O)Nc2n[nH]c3sc(C(=O)O)cc23)n1. The molecule has 10 nitrogen and oxygen atoms in total. The number of thiophene rings is 1. The van der Waals surface area contributed by atoms with E-state index in [-0.39, 0.29) is 22.0 Å². The zero-order chi connectivity index (χ0) is 20.5. The van der Waals surface area contributed by atoms with E-state index >= 15 is 0 Å². The molecule has 146 valence electrons. The number of carboxylic acids is 1. The first kappa shape index (κ1) is 18.4. The number of carbonyl (C=O) groups is 3. The van der Waals surface area contributed by atoms with Gasteiger partial charge in [-0.25, -0.2) is 4.79 Å². The predicted molar refractivity (Wildman–Crippen MR) is 106 cm³/mol. The van der Waals surface area contributed by atoms with Crippen LogP contribution in [-0.4, -0.2) is 42.9 Å². The number of aromatic nitrogens is 4. The second kappa shape index (κ2) is 7.20. The maximum atomic E-state index is 12.8. The molecule has 29 heavy (non-hydrogen) atoms. The minimum atomic E-state index is -1.06. The second-order valence-corrected chi connectivity index (χ2v) is 7.11. The molecule has 0 saturated carbocycles.